The van der Waals surface area contributed by atoms with Crippen LogP contribution in [0.4, 0.5) is 5.69 Å². The minimum absolute atomic E-state index is 0.0372. The summed E-state index contributed by atoms with van der Waals surface area (Å²) in [6.07, 6.45) is 1.40. The molecule has 2 aromatic carbocycles. The molecule has 0 aromatic heterocycles. The maximum Gasteiger partial charge on any atom is 0.225 e. The molecule has 0 fully saturated rings. The average Bonchev–Trinajstić information content (AvgIpc) is 2.58. The molecule has 0 radical (unpaired) electrons. The van der Waals surface area contributed by atoms with Crippen LogP contribution in [-0.4, -0.2) is 26.1 Å². The molecule has 0 aliphatic rings. The molecule has 0 bridgehead atoms. The smallest absolute Gasteiger partial charge is 0.225 e. The Hall–Kier alpha value is -2.33. The summed E-state index contributed by atoms with van der Waals surface area (Å²) in [6, 6.07) is 14.0. The quantitative estimate of drug-likeness (QED) is 0.730. The second kappa shape index (κ2) is 9.08. The first-order valence-electron chi connectivity index (χ1n) is 8.29. The SMILES string of the molecule is COc1ccc(CCNCCC(=O)Nc2ccc(C)c(C)c2)cc1. The van der Waals surface area contributed by atoms with Gasteiger partial charge in [-0.2, -0.15) is 0 Å². The van der Waals surface area contributed by atoms with Gasteiger partial charge in [0.25, 0.3) is 0 Å². The summed E-state index contributed by atoms with van der Waals surface area (Å²) in [5.74, 6) is 0.907. The lowest BCUT2D eigenvalue weighted by molar-refractivity contribution is -0.116. The first-order chi connectivity index (χ1) is 11.6. The fraction of sp³-hybridized carbons (Fsp3) is 0.350. The molecule has 0 saturated carbocycles. The van der Waals surface area contributed by atoms with Crippen LogP contribution < -0.4 is 15.4 Å². The van der Waals surface area contributed by atoms with Crippen molar-refractivity contribution in [2.75, 3.05) is 25.5 Å². The second-order valence-corrected chi connectivity index (χ2v) is 5.95. The van der Waals surface area contributed by atoms with E-state index in [4.69, 9.17) is 4.74 Å². The van der Waals surface area contributed by atoms with Crippen molar-refractivity contribution in [3.05, 3.63) is 59.2 Å². The molecule has 24 heavy (non-hydrogen) atoms. The molecular weight excluding hydrogens is 300 g/mol. The summed E-state index contributed by atoms with van der Waals surface area (Å²) >= 11 is 0. The van der Waals surface area contributed by atoms with Crippen molar-refractivity contribution in [1.29, 1.82) is 0 Å². The largest absolute Gasteiger partial charge is 0.497 e. The van der Waals surface area contributed by atoms with Crippen LogP contribution in [0.15, 0.2) is 42.5 Å². The van der Waals surface area contributed by atoms with E-state index >= 15 is 0 Å². The van der Waals surface area contributed by atoms with Crippen LogP contribution in [0.2, 0.25) is 0 Å². The van der Waals surface area contributed by atoms with Gasteiger partial charge < -0.3 is 15.4 Å². The number of aryl methyl sites for hydroxylation is 2. The van der Waals surface area contributed by atoms with E-state index in [1.807, 2.05) is 37.3 Å². The van der Waals surface area contributed by atoms with Gasteiger partial charge in [-0.05, 0) is 67.8 Å². The first-order valence-corrected chi connectivity index (χ1v) is 8.29. The highest BCUT2D eigenvalue weighted by atomic mass is 16.5. The van der Waals surface area contributed by atoms with E-state index in [1.54, 1.807) is 7.11 Å². The number of nitrogens with one attached hydrogen (secondary N) is 2. The summed E-state index contributed by atoms with van der Waals surface area (Å²) in [4.78, 5) is 11.9. The van der Waals surface area contributed by atoms with Gasteiger partial charge in [-0.15, -0.1) is 0 Å². The minimum Gasteiger partial charge on any atom is -0.497 e. The van der Waals surface area contributed by atoms with Crippen LogP contribution in [-0.2, 0) is 11.2 Å². The van der Waals surface area contributed by atoms with Gasteiger partial charge in [0.05, 0.1) is 7.11 Å². The summed E-state index contributed by atoms with van der Waals surface area (Å²) in [5.41, 5.74) is 4.53. The average molecular weight is 326 g/mol. The Balaban J connectivity index is 1.64. The van der Waals surface area contributed by atoms with Crippen molar-refractivity contribution in [2.24, 2.45) is 0 Å². The number of hydrogen-bond donors (Lipinski definition) is 2. The molecule has 4 nitrogen and oxygen atoms in total. The van der Waals surface area contributed by atoms with E-state index in [0.717, 1.165) is 24.4 Å². The van der Waals surface area contributed by atoms with Crippen molar-refractivity contribution in [3.63, 3.8) is 0 Å². The zero-order chi connectivity index (χ0) is 17.4. The molecule has 1 amide bonds. The number of anilines is 1. The summed E-state index contributed by atoms with van der Waals surface area (Å²) in [7, 11) is 1.67. The molecular formula is C20H26N2O2. The van der Waals surface area contributed by atoms with Gasteiger partial charge >= 0.3 is 0 Å². The van der Waals surface area contributed by atoms with Crippen molar-refractivity contribution in [3.8, 4) is 5.75 Å². The Morgan fingerprint density at radius 2 is 1.75 bits per heavy atom. The van der Waals surface area contributed by atoms with E-state index in [2.05, 4.69) is 29.7 Å². The molecule has 0 aliphatic heterocycles. The highest BCUT2D eigenvalue weighted by Gasteiger charge is 2.03. The molecule has 2 N–H and O–H groups in total. The third-order valence-corrected chi connectivity index (χ3v) is 4.07. The van der Waals surface area contributed by atoms with Gasteiger partial charge in [0.15, 0.2) is 0 Å². The topological polar surface area (TPSA) is 50.4 Å². The number of carbonyl (C=O) groups excluding carboxylic acids is 1. The van der Waals surface area contributed by atoms with E-state index < -0.39 is 0 Å². The van der Waals surface area contributed by atoms with Crippen molar-refractivity contribution < 1.29 is 9.53 Å². The maximum atomic E-state index is 11.9. The zero-order valence-corrected chi connectivity index (χ0v) is 14.7. The number of rotatable bonds is 8. The van der Waals surface area contributed by atoms with Gasteiger partial charge in [0.2, 0.25) is 5.91 Å². The van der Waals surface area contributed by atoms with E-state index in [9.17, 15) is 4.79 Å². The zero-order valence-electron chi connectivity index (χ0n) is 14.7. The van der Waals surface area contributed by atoms with Crippen LogP contribution in [0.5, 0.6) is 5.75 Å². The molecule has 128 valence electrons. The van der Waals surface area contributed by atoms with Gasteiger partial charge in [0, 0.05) is 18.7 Å². The molecule has 0 heterocycles. The molecule has 0 unspecified atom stereocenters. The van der Waals surface area contributed by atoms with Crippen LogP contribution in [0.1, 0.15) is 23.1 Å². The lowest BCUT2D eigenvalue weighted by Crippen LogP contribution is -2.23. The number of ether oxygens (including phenoxy) is 1. The first kappa shape index (κ1) is 18.0. The van der Waals surface area contributed by atoms with Crippen LogP contribution in [0.3, 0.4) is 0 Å². The van der Waals surface area contributed by atoms with Gasteiger partial charge in [0.1, 0.15) is 5.75 Å². The normalized spacial score (nSPS) is 10.5. The Bertz CT molecular complexity index is 666. The molecule has 0 spiro atoms. The van der Waals surface area contributed by atoms with Crippen molar-refractivity contribution in [1.82, 2.24) is 5.32 Å². The Morgan fingerprint density at radius 3 is 2.42 bits per heavy atom. The van der Waals surface area contributed by atoms with E-state index in [1.165, 1.54) is 16.7 Å². The number of methoxy groups -OCH3 is 1. The molecule has 2 rings (SSSR count). The summed E-state index contributed by atoms with van der Waals surface area (Å²) < 4.78 is 5.14. The van der Waals surface area contributed by atoms with Crippen LogP contribution in [0, 0.1) is 13.8 Å². The Morgan fingerprint density at radius 1 is 1.00 bits per heavy atom. The predicted molar refractivity (Wildman–Crippen MR) is 98.7 cm³/mol. The molecule has 0 aliphatic carbocycles. The Labute approximate surface area is 144 Å². The standard InChI is InChI=1S/C20H26N2O2/c1-15-4-7-18(14-16(15)2)22-20(23)11-13-21-12-10-17-5-8-19(24-3)9-6-17/h4-9,14,21H,10-13H2,1-3H3,(H,22,23). The summed E-state index contributed by atoms with van der Waals surface area (Å²) in [6.45, 7) is 5.63. The predicted octanol–water partition coefficient (Wildman–Crippen LogP) is 3.47. The fourth-order valence-corrected chi connectivity index (χ4v) is 2.39. The van der Waals surface area contributed by atoms with Gasteiger partial charge in [-0.1, -0.05) is 18.2 Å². The highest BCUT2D eigenvalue weighted by molar-refractivity contribution is 5.90. The van der Waals surface area contributed by atoms with Gasteiger partial charge in [-0.3, -0.25) is 4.79 Å². The number of hydrogen-bond acceptors (Lipinski definition) is 3. The van der Waals surface area contributed by atoms with E-state index in [-0.39, 0.29) is 5.91 Å². The maximum absolute atomic E-state index is 11.9. The van der Waals surface area contributed by atoms with Crippen LogP contribution in [0.25, 0.3) is 0 Å². The van der Waals surface area contributed by atoms with Crippen molar-refractivity contribution >= 4 is 11.6 Å². The van der Waals surface area contributed by atoms with Crippen molar-refractivity contribution in [2.45, 2.75) is 26.7 Å². The minimum atomic E-state index is 0.0372. The lowest BCUT2D eigenvalue weighted by atomic mass is 10.1. The molecule has 4 heteroatoms. The highest BCUT2D eigenvalue weighted by Crippen LogP contribution is 2.14. The number of benzene rings is 2. The van der Waals surface area contributed by atoms with Crippen LogP contribution >= 0.6 is 0 Å². The third kappa shape index (κ3) is 5.70. The molecule has 0 atom stereocenters. The molecule has 2 aromatic rings. The monoisotopic (exact) mass is 326 g/mol. The number of amides is 1. The lowest BCUT2D eigenvalue weighted by Gasteiger charge is -2.08. The second-order valence-electron chi connectivity index (χ2n) is 5.95. The van der Waals surface area contributed by atoms with E-state index in [0.29, 0.717) is 13.0 Å². The third-order valence-electron chi connectivity index (χ3n) is 4.07. The molecule has 0 saturated heterocycles. The van der Waals surface area contributed by atoms with Gasteiger partial charge in [-0.25, -0.2) is 0 Å². The fourth-order valence-electron chi connectivity index (χ4n) is 2.39. The summed E-state index contributed by atoms with van der Waals surface area (Å²) in [5, 5.41) is 6.25. The Kier molecular flexibility index (Phi) is 6.82. The number of carbonyl (C=O) groups is 1.